The van der Waals surface area contributed by atoms with E-state index in [-0.39, 0.29) is 5.91 Å². The van der Waals surface area contributed by atoms with Crippen molar-refractivity contribution in [2.24, 2.45) is 0 Å². The van der Waals surface area contributed by atoms with Crippen LogP contribution in [0, 0.1) is 0 Å². The molecule has 0 saturated heterocycles. The second kappa shape index (κ2) is 10.4. The highest BCUT2D eigenvalue weighted by molar-refractivity contribution is 6.35. The molecule has 0 aliphatic heterocycles. The van der Waals surface area contributed by atoms with Crippen molar-refractivity contribution in [1.82, 2.24) is 5.32 Å². The van der Waals surface area contributed by atoms with Crippen molar-refractivity contribution >= 4 is 41.2 Å². The Labute approximate surface area is 164 Å². The van der Waals surface area contributed by atoms with Crippen LogP contribution in [0.1, 0.15) is 44.6 Å². The fourth-order valence-corrected chi connectivity index (χ4v) is 3.15. The Balaban J connectivity index is 1.75. The lowest BCUT2D eigenvalue weighted by atomic mass is 9.97. The normalized spacial score (nSPS) is 15.4. The molecule has 0 saturated carbocycles. The van der Waals surface area contributed by atoms with Crippen molar-refractivity contribution in [3.63, 3.8) is 0 Å². The molecule has 140 valence electrons. The molecule has 1 amide bonds. The fraction of sp³-hybridized carbons (Fsp3) is 0.400. The van der Waals surface area contributed by atoms with Crippen molar-refractivity contribution in [2.75, 3.05) is 6.54 Å². The minimum absolute atomic E-state index is 0.298. The topological polar surface area (TPSA) is 55.4 Å². The Kier molecular flexibility index (Phi) is 8.20. The van der Waals surface area contributed by atoms with E-state index in [2.05, 4.69) is 11.4 Å². The summed E-state index contributed by atoms with van der Waals surface area (Å²) in [7, 11) is 0. The number of amides is 1. The third-order valence-corrected chi connectivity index (χ3v) is 4.72. The van der Waals surface area contributed by atoms with Crippen LogP contribution in [0.3, 0.4) is 0 Å². The van der Waals surface area contributed by atoms with E-state index in [0.29, 0.717) is 22.2 Å². The highest BCUT2D eigenvalue weighted by Gasteiger charge is 2.16. The third-order valence-electron chi connectivity index (χ3n) is 4.15. The van der Waals surface area contributed by atoms with Crippen LogP contribution in [0.15, 0.2) is 35.9 Å². The average molecular weight is 396 g/mol. The Hall–Kier alpha value is -1.78. The Morgan fingerprint density at radius 2 is 2.12 bits per heavy atom. The standard InChI is InChI=1S/C20H23Cl2NO3/c1-14(20(25)23-12-11-15-5-3-2-4-6-15)26-19(24)10-8-16-7-9-17(21)13-18(16)22/h5,7-10,13-14H,2-4,6,11-12H2,1H3,(H,23,25)/b10-8+/t14-/m1/s1. The van der Waals surface area contributed by atoms with Gasteiger partial charge in [-0.1, -0.05) is 40.9 Å². The van der Waals surface area contributed by atoms with E-state index in [9.17, 15) is 9.59 Å². The van der Waals surface area contributed by atoms with Gasteiger partial charge in [0.2, 0.25) is 0 Å². The highest BCUT2D eigenvalue weighted by atomic mass is 35.5. The molecule has 0 radical (unpaired) electrons. The van der Waals surface area contributed by atoms with Crippen LogP contribution >= 0.6 is 23.2 Å². The van der Waals surface area contributed by atoms with Crippen molar-refractivity contribution in [3.8, 4) is 0 Å². The van der Waals surface area contributed by atoms with E-state index in [1.165, 1.54) is 30.6 Å². The molecule has 1 atom stereocenters. The van der Waals surface area contributed by atoms with Gasteiger partial charge in [-0.15, -0.1) is 0 Å². The molecule has 0 fully saturated rings. The first-order valence-corrected chi connectivity index (χ1v) is 9.50. The maximum absolute atomic E-state index is 12.0. The lowest BCUT2D eigenvalue weighted by Gasteiger charge is -2.15. The first-order valence-electron chi connectivity index (χ1n) is 8.75. The van der Waals surface area contributed by atoms with Crippen LogP contribution in [-0.2, 0) is 14.3 Å². The van der Waals surface area contributed by atoms with Crippen LogP contribution in [-0.4, -0.2) is 24.5 Å². The van der Waals surface area contributed by atoms with Gasteiger partial charge >= 0.3 is 5.97 Å². The second-order valence-electron chi connectivity index (χ2n) is 6.23. The molecule has 0 bridgehead atoms. The van der Waals surface area contributed by atoms with E-state index in [1.54, 1.807) is 25.1 Å². The first-order chi connectivity index (χ1) is 12.5. The molecule has 1 aliphatic carbocycles. The van der Waals surface area contributed by atoms with Gasteiger partial charge in [0.05, 0.1) is 0 Å². The maximum atomic E-state index is 12.0. The molecule has 1 N–H and O–H groups in total. The minimum Gasteiger partial charge on any atom is -0.449 e. The summed E-state index contributed by atoms with van der Waals surface area (Å²) in [6, 6.07) is 4.97. The lowest BCUT2D eigenvalue weighted by Crippen LogP contribution is -2.36. The van der Waals surface area contributed by atoms with Gasteiger partial charge in [-0.2, -0.15) is 0 Å². The maximum Gasteiger partial charge on any atom is 0.331 e. The summed E-state index contributed by atoms with van der Waals surface area (Å²) in [5.74, 6) is -0.902. The summed E-state index contributed by atoms with van der Waals surface area (Å²) in [5.41, 5.74) is 2.04. The SMILES string of the molecule is C[C@@H](OC(=O)/C=C/c1ccc(Cl)cc1Cl)C(=O)NCCC1=CCCCC1. The van der Waals surface area contributed by atoms with Gasteiger partial charge in [-0.25, -0.2) is 4.79 Å². The number of hydrogen-bond acceptors (Lipinski definition) is 3. The van der Waals surface area contributed by atoms with Gasteiger partial charge in [0.15, 0.2) is 6.10 Å². The van der Waals surface area contributed by atoms with Crippen molar-refractivity contribution < 1.29 is 14.3 Å². The summed E-state index contributed by atoms with van der Waals surface area (Å²) in [5, 5.41) is 3.76. The number of halogens is 2. The largest absolute Gasteiger partial charge is 0.449 e. The molecular weight excluding hydrogens is 373 g/mol. The molecule has 26 heavy (non-hydrogen) atoms. The molecule has 0 unspecified atom stereocenters. The molecule has 1 aliphatic rings. The Morgan fingerprint density at radius 1 is 1.31 bits per heavy atom. The summed E-state index contributed by atoms with van der Waals surface area (Å²) in [6.07, 6.45) is 9.73. The quantitative estimate of drug-likeness (QED) is 0.403. The number of ether oxygens (including phenoxy) is 1. The second-order valence-corrected chi connectivity index (χ2v) is 7.07. The minimum atomic E-state index is -0.854. The number of hydrogen-bond donors (Lipinski definition) is 1. The van der Waals surface area contributed by atoms with Crippen LogP contribution in [0.2, 0.25) is 10.0 Å². The van der Waals surface area contributed by atoms with Gasteiger partial charge in [0.25, 0.3) is 5.91 Å². The van der Waals surface area contributed by atoms with Crippen LogP contribution in [0.5, 0.6) is 0 Å². The van der Waals surface area contributed by atoms with Crippen LogP contribution in [0.25, 0.3) is 6.08 Å². The number of rotatable bonds is 7. The molecule has 1 aromatic carbocycles. The van der Waals surface area contributed by atoms with Crippen molar-refractivity contribution in [2.45, 2.75) is 45.1 Å². The predicted octanol–water partition coefficient (Wildman–Crippen LogP) is 4.95. The summed E-state index contributed by atoms with van der Waals surface area (Å²) < 4.78 is 5.12. The molecule has 6 heteroatoms. The number of esters is 1. The number of nitrogens with one attached hydrogen (secondary N) is 1. The lowest BCUT2D eigenvalue weighted by molar-refractivity contribution is -0.150. The fourth-order valence-electron chi connectivity index (χ4n) is 2.68. The zero-order valence-electron chi connectivity index (χ0n) is 14.8. The van der Waals surface area contributed by atoms with Crippen LogP contribution < -0.4 is 5.32 Å². The van der Waals surface area contributed by atoms with E-state index >= 15 is 0 Å². The smallest absolute Gasteiger partial charge is 0.331 e. The van der Waals surface area contributed by atoms with Gasteiger partial charge < -0.3 is 10.1 Å². The number of carbonyl (C=O) groups is 2. The average Bonchev–Trinajstić information content (AvgIpc) is 2.61. The van der Waals surface area contributed by atoms with E-state index in [4.69, 9.17) is 27.9 Å². The molecule has 2 rings (SSSR count). The zero-order valence-corrected chi connectivity index (χ0v) is 16.3. The first kappa shape index (κ1) is 20.5. The van der Waals surface area contributed by atoms with Gasteiger partial charge in [-0.3, -0.25) is 4.79 Å². The van der Waals surface area contributed by atoms with Gasteiger partial charge in [0.1, 0.15) is 0 Å². The summed E-state index contributed by atoms with van der Waals surface area (Å²) >= 11 is 11.9. The summed E-state index contributed by atoms with van der Waals surface area (Å²) in [4.78, 5) is 23.9. The summed E-state index contributed by atoms with van der Waals surface area (Å²) in [6.45, 7) is 2.11. The number of carbonyl (C=O) groups excluding carboxylic acids is 2. The Morgan fingerprint density at radius 3 is 2.81 bits per heavy atom. The molecule has 4 nitrogen and oxygen atoms in total. The molecule has 0 heterocycles. The molecule has 0 spiro atoms. The monoisotopic (exact) mass is 395 g/mol. The predicted molar refractivity (Wildman–Crippen MR) is 105 cm³/mol. The van der Waals surface area contributed by atoms with Gasteiger partial charge in [0, 0.05) is 22.7 Å². The van der Waals surface area contributed by atoms with E-state index in [1.807, 2.05) is 0 Å². The van der Waals surface area contributed by atoms with E-state index < -0.39 is 12.1 Å². The van der Waals surface area contributed by atoms with Crippen molar-refractivity contribution in [1.29, 1.82) is 0 Å². The van der Waals surface area contributed by atoms with E-state index in [0.717, 1.165) is 19.3 Å². The molecular formula is C20H23Cl2NO3. The van der Waals surface area contributed by atoms with Gasteiger partial charge in [-0.05, 0) is 62.8 Å². The number of allylic oxidation sites excluding steroid dienone is 1. The Bertz CT molecular complexity index is 713. The third kappa shape index (κ3) is 6.85. The van der Waals surface area contributed by atoms with Crippen LogP contribution in [0.4, 0.5) is 0 Å². The van der Waals surface area contributed by atoms with Crippen molar-refractivity contribution in [3.05, 3.63) is 51.5 Å². The molecule has 0 aromatic heterocycles. The number of benzene rings is 1. The zero-order chi connectivity index (χ0) is 18.9. The highest BCUT2D eigenvalue weighted by Crippen LogP contribution is 2.22. The molecule has 1 aromatic rings.